The van der Waals surface area contributed by atoms with Crippen LogP contribution in [-0.4, -0.2) is 45.2 Å². The minimum atomic E-state index is -3.89. The van der Waals surface area contributed by atoms with Gasteiger partial charge >= 0.3 is 5.97 Å². The number of nitrogens with one attached hydrogen (secondary N) is 1. The number of aliphatic carboxylic acids is 1. The molecule has 1 rings (SSSR count). The van der Waals surface area contributed by atoms with Crippen LogP contribution in [0.25, 0.3) is 0 Å². The molecular formula is C11H14N2O6S. The highest BCUT2D eigenvalue weighted by atomic mass is 32.2. The van der Waals surface area contributed by atoms with Crippen molar-refractivity contribution in [3.05, 3.63) is 29.8 Å². The molecule has 9 heteroatoms. The van der Waals surface area contributed by atoms with E-state index < -0.39 is 34.5 Å². The van der Waals surface area contributed by atoms with Gasteiger partial charge in [0.15, 0.2) is 6.10 Å². The number of carboxylic acid groups (broad SMARTS) is 1. The molecule has 0 aliphatic rings. The molecule has 0 spiro atoms. The number of ether oxygens (including phenoxy) is 1. The van der Waals surface area contributed by atoms with Gasteiger partial charge in [0.25, 0.3) is 0 Å². The molecule has 0 aromatic heterocycles. The van der Waals surface area contributed by atoms with Crippen LogP contribution in [0.1, 0.15) is 10.4 Å². The molecule has 0 aliphatic heterocycles. The number of carbonyl (C=O) groups excluding carboxylic acids is 1. The number of carboxylic acids is 1. The molecule has 8 nitrogen and oxygen atoms in total. The third-order valence-electron chi connectivity index (χ3n) is 2.47. The quantitative estimate of drug-likeness (QED) is 0.601. The van der Waals surface area contributed by atoms with Gasteiger partial charge in [0, 0.05) is 19.2 Å². The van der Waals surface area contributed by atoms with Crippen LogP contribution in [0.15, 0.2) is 29.2 Å². The summed E-state index contributed by atoms with van der Waals surface area (Å²) in [5.74, 6) is -1.95. The standard InChI is InChI=1S/C11H14N2O6S/c1-19-9(11(15)16)6-13-20(17,18)8-4-2-7(3-5-8)10(12)14/h2-5,9,13H,6H2,1H3,(H2,12,14)(H,15,16). The predicted octanol–water partition coefficient (Wildman–Crippen LogP) is -0.837. The highest BCUT2D eigenvalue weighted by molar-refractivity contribution is 7.89. The fourth-order valence-corrected chi connectivity index (χ4v) is 2.37. The van der Waals surface area contributed by atoms with E-state index in [0.29, 0.717) is 0 Å². The lowest BCUT2D eigenvalue weighted by Gasteiger charge is -2.12. The van der Waals surface area contributed by atoms with Crippen LogP contribution >= 0.6 is 0 Å². The second kappa shape index (κ2) is 6.46. The van der Waals surface area contributed by atoms with Crippen molar-refractivity contribution in [2.75, 3.05) is 13.7 Å². The summed E-state index contributed by atoms with van der Waals surface area (Å²) in [7, 11) is -2.73. The van der Waals surface area contributed by atoms with Crippen LogP contribution in [0.5, 0.6) is 0 Å². The molecule has 0 saturated heterocycles. The summed E-state index contributed by atoms with van der Waals surface area (Å²) in [5.41, 5.74) is 5.21. The SMILES string of the molecule is COC(CNS(=O)(=O)c1ccc(C(N)=O)cc1)C(=O)O. The molecule has 0 bridgehead atoms. The Kier molecular flexibility index (Phi) is 5.19. The van der Waals surface area contributed by atoms with E-state index in [1.54, 1.807) is 0 Å². The molecule has 1 atom stereocenters. The Hall–Kier alpha value is -1.97. The van der Waals surface area contributed by atoms with Crippen molar-refractivity contribution in [3.63, 3.8) is 0 Å². The lowest BCUT2D eigenvalue weighted by Crippen LogP contribution is -2.37. The molecular weight excluding hydrogens is 288 g/mol. The summed E-state index contributed by atoms with van der Waals surface area (Å²) < 4.78 is 30.5. The molecule has 1 amide bonds. The van der Waals surface area contributed by atoms with E-state index >= 15 is 0 Å². The number of hydrogen-bond acceptors (Lipinski definition) is 5. The number of carbonyl (C=O) groups is 2. The summed E-state index contributed by atoms with van der Waals surface area (Å²) in [6.07, 6.45) is -1.28. The van der Waals surface area contributed by atoms with Gasteiger partial charge in [-0.1, -0.05) is 0 Å². The zero-order chi connectivity index (χ0) is 15.3. The minimum Gasteiger partial charge on any atom is -0.479 e. The molecule has 1 unspecified atom stereocenters. The lowest BCUT2D eigenvalue weighted by molar-refractivity contribution is -0.147. The van der Waals surface area contributed by atoms with E-state index in [9.17, 15) is 18.0 Å². The van der Waals surface area contributed by atoms with Gasteiger partial charge in [-0.3, -0.25) is 4.79 Å². The second-order valence-corrected chi connectivity index (χ2v) is 5.57. The fourth-order valence-electron chi connectivity index (χ4n) is 1.34. The van der Waals surface area contributed by atoms with Crippen molar-refractivity contribution in [2.45, 2.75) is 11.0 Å². The molecule has 0 aliphatic carbocycles. The lowest BCUT2D eigenvalue weighted by atomic mass is 10.2. The molecule has 4 N–H and O–H groups in total. The van der Waals surface area contributed by atoms with Crippen molar-refractivity contribution >= 4 is 21.9 Å². The first kappa shape index (κ1) is 16.1. The first-order valence-corrected chi connectivity index (χ1v) is 6.91. The summed E-state index contributed by atoms with van der Waals surface area (Å²) >= 11 is 0. The van der Waals surface area contributed by atoms with Crippen molar-refractivity contribution in [1.82, 2.24) is 4.72 Å². The molecule has 1 aromatic rings. The number of primary amides is 1. The smallest absolute Gasteiger partial charge is 0.334 e. The van der Waals surface area contributed by atoms with Gasteiger partial charge < -0.3 is 15.6 Å². The monoisotopic (exact) mass is 302 g/mol. The summed E-state index contributed by atoms with van der Waals surface area (Å²) in [6.45, 7) is -0.411. The van der Waals surface area contributed by atoms with Crippen LogP contribution in [0.4, 0.5) is 0 Å². The number of benzene rings is 1. The topological polar surface area (TPSA) is 136 Å². The Morgan fingerprint density at radius 1 is 1.35 bits per heavy atom. The molecule has 0 saturated carbocycles. The van der Waals surface area contributed by atoms with E-state index in [0.717, 1.165) is 7.11 Å². The Balaban J connectivity index is 2.83. The van der Waals surface area contributed by atoms with Crippen LogP contribution in [-0.2, 0) is 19.6 Å². The summed E-state index contributed by atoms with van der Waals surface area (Å²) in [6, 6.07) is 4.93. The maximum Gasteiger partial charge on any atom is 0.334 e. The molecule has 20 heavy (non-hydrogen) atoms. The maximum atomic E-state index is 11.9. The average molecular weight is 302 g/mol. The molecule has 0 fully saturated rings. The molecule has 1 aromatic carbocycles. The van der Waals surface area contributed by atoms with Gasteiger partial charge in [-0.25, -0.2) is 17.9 Å². The number of sulfonamides is 1. The van der Waals surface area contributed by atoms with Crippen molar-refractivity contribution in [2.24, 2.45) is 5.73 Å². The Morgan fingerprint density at radius 2 is 1.90 bits per heavy atom. The molecule has 0 radical (unpaired) electrons. The number of methoxy groups -OCH3 is 1. The Bertz CT molecular complexity index is 596. The Morgan fingerprint density at radius 3 is 2.30 bits per heavy atom. The number of rotatable bonds is 7. The van der Waals surface area contributed by atoms with Gasteiger partial charge in [-0.15, -0.1) is 0 Å². The zero-order valence-electron chi connectivity index (χ0n) is 10.6. The van der Waals surface area contributed by atoms with E-state index in [-0.39, 0.29) is 10.5 Å². The average Bonchev–Trinajstić information content (AvgIpc) is 2.39. The fraction of sp³-hybridized carbons (Fsp3) is 0.273. The number of amides is 1. The van der Waals surface area contributed by atoms with Crippen LogP contribution in [0.2, 0.25) is 0 Å². The number of nitrogens with two attached hydrogens (primary N) is 1. The third-order valence-corrected chi connectivity index (χ3v) is 3.91. The van der Waals surface area contributed by atoms with Crippen molar-refractivity contribution in [3.8, 4) is 0 Å². The van der Waals surface area contributed by atoms with Gasteiger partial charge in [0.1, 0.15) is 0 Å². The minimum absolute atomic E-state index is 0.109. The van der Waals surface area contributed by atoms with Gasteiger partial charge in [-0.05, 0) is 24.3 Å². The summed E-state index contributed by atoms with van der Waals surface area (Å²) in [5, 5.41) is 8.73. The highest BCUT2D eigenvalue weighted by Gasteiger charge is 2.21. The zero-order valence-corrected chi connectivity index (χ0v) is 11.4. The van der Waals surface area contributed by atoms with E-state index in [4.69, 9.17) is 10.8 Å². The Labute approximate surface area is 115 Å². The second-order valence-electron chi connectivity index (χ2n) is 3.80. The van der Waals surface area contributed by atoms with Gasteiger partial charge in [0.2, 0.25) is 15.9 Å². The highest BCUT2D eigenvalue weighted by Crippen LogP contribution is 2.10. The van der Waals surface area contributed by atoms with E-state index in [1.165, 1.54) is 24.3 Å². The van der Waals surface area contributed by atoms with E-state index in [2.05, 4.69) is 9.46 Å². The third kappa shape index (κ3) is 4.02. The summed E-state index contributed by atoms with van der Waals surface area (Å²) in [4.78, 5) is 21.4. The first-order valence-electron chi connectivity index (χ1n) is 5.43. The molecule has 0 heterocycles. The normalized spacial score (nSPS) is 12.8. The van der Waals surface area contributed by atoms with Gasteiger partial charge in [-0.2, -0.15) is 0 Å². The van der Waals surface area contributed by atoms with Crippen molar-refractivity contribution < 1.29 is 27.9 Å². The number of hydrogen-bond donors (Lipinski definition) is 3. The van der Waals surface area contributed by atoms with Crippen LogP contribution in [0.3, 0.4) is 0 Å². The maximum absolute atomic E-state index is 11.9. The van der Waals surface area contributed by atoms with Crippen molar-refractivity contribution in [1.29, 1.82) is 0 Å². The first-order chi connectivity index (χ1) is 9.27. The van der Waals surface area contributed by atoms with Crippen LogP contribution < -0.4 is 10.5 Å². The largest absolute Gasteiger partial charge is 0.479 e. The molecule has 110 valence electrons. The van der Waals surface area contributed by atoms with Gasteiger partial charge in [0.05, 0.1) is 4.90 Å². The predicted molar refractivity (Wildman–Crippen MR) is 68.6 cm³/mol. The van der Waals surface area contributed by atoms with E-state index in [1.807, 2.05) is 0 Å². The van der Waals surface area contributed by atoms with Crippen LogP contribution in [0, 0.1) is 0 Å².